The van der Waals surface area contributed by atoms with Gasteiger partial charge in [-0.15, -0.1) is 0 Å². The second-order valence-corrected chi connectivity index (χ2v) is 6.23. The molecule has 2 aromatic rings. The molecule has 1 aliphatic heterocycles. The standard InChI is InChI=1S/C19H22N2O3/c1-20-11-6-10-17(20)19(23)24-14-15-7-5-12-21(13-15)18(22)16-8-3-2-4-9-16/h2-4,6,8-11,15H,5,7,12-14H2,1H3/t15-/m0/s1. The third kappa shape index (κ3) is 3.67. The summed E-state index contributed by atoms with van der Waals surface area (Å²) in [5.74, 6) is -0.0706. The zero-order valence-electron chi connectivity index (χ0n) is 13.9. The van der Waals surface area contributed by atoms with Crippen molar-refractivity contribution in [1.82, 2.24) is 9.47 Å². The second kappa shape index (κ2) is 7.34. The molecular formula is C19H22N2O3. The second-order valence-electron chi connectivity index (χ2n) is 6.23. The van der Waals surface area contributed by atoms with E-state index in [4.69, 9.17) is 4.74 Å². The van der Waals surface area contributed by atoms with Gasteiger partial charge in [0.2, 0.25) is 0 Å². The molecule has 1 aromatic heterocycles. The number of aromatic nitrogens is 1. The Hall–Kier alpha value is -2.56. The smallest absolute Gasteiger partial charge is 0.354 e. The SMILES string of the molecule is Cn1cccc1C(=O)OC[C@H]1CCCN(C(=O)c2ccccc2)C1. The van der Waals surface area contributed by atoms with E-state index >= 15 is 0 Å². The van der Waals surface area contributed by atoms with Gasteiger partial charge in [-0.3, -0.25) is 4.79 Å². The number of rotatable bonds is 4. The molecule has 3 rings (SSSR count). The first-order valence-electron chi connectivity index (χ1n) is 8.28. The highest BCUT2D eigenvalue weighted by molar-refractivity contribution is 5.94. The van der Waals surface area contributed by atoms with Crippen molar-refractivity contribution in [1.29, 1.82) is 0 Å². The van der Waals surface area contributed by atoms with Crippen molar-refractivity contribution in [2.24, 2.45) is 13.0 Å². The van der Waals surface area contributed by atoms with Gasteiger partial charge in [0.15, 0.2) is 0 Å². The normalized spacial score (nSPS) is 17.5. The highest BCUT2D eigenvalue weighted by atomic mass is 16.5. The van der Waals surface area contributed by atoms with E-state index in [1.165, 1.54) is 0 Å². The Morgan fingerprint density at radius 1 is 1.17 bits per heavy atom. The van der Waals surface area contributed by atoms with Gasteiger partial charge < -0.3 is 14.2 Å². The summed E-state index contributed by atoms with van der Waals surface area (Å²) >= 11 is 0. The van der Waals surface area contributed by atoms with Crippen LogP contribution in [0, 0.1) is 5.92 Å². The molecule has 0 spiro atoms. The number of amides is 1. The lowest BCUT2D eigenvalue weighted by Crippen LogP contribution is -2.41. The van der Waals surface area contributed by atoms with Crippen LogP contribution in [0.3, 0.4) is 0 Å². The maximum Gasteiger partial charge on any atom is 0.354 e. The van der Waals surface area contributed by atoms with Crippen LogP contribution in [0.5, 0.6) is 0 Å². The molecule has 1 atom stereocenters. The number of piperidine rings is 1. The van der Waals surface area contributed by atoms with Crippen LogP contribution in [-0.2, 0) is 11.8 Å². The number of likely N-dealkylation sites (tertiary alicyclic amines) is 1. The summed E-state index contributed by atoms with van der Waals surface area (Å²) in [5, 5.41) is 0. The van der Waals surface area contributed by atoms with Gasteiger partial charge >= 0.3 is 5.97 Å². The van der Waals surface area contributed by atoms with Crippen molar-refractivity contribution in [3.05, 3.63) is 59.9 Å². The quantitative estimate of drug-likeness (QED) is 0.812. The minimum Gasteiger partial charge on any atom is -0.461 e. The number of hydrogen-bond donors (Lipinski definition) is 0. The Morgan fingerprint density at radius 3 is 2.67 bits per heavy atom. The summed E-state index contributed by atoms with van der Waals surface area (Å²) in [6.07, 6.45) is 3.72. The van der Waals surface area contributed by atoms with Crippen molar-refractivity contribution in [2.75, 3.05) is 19.7 Å². The van der Waals surface area contributed by atoms with Gasteiger partial charge in [-0.05, 0) is 37.1 Å². The molecular weight excluding hydrogens is 304 g/mol. The molecule has 1 saturated heterocycles. The summed E-state index contributed by atoms with van der Waals surface area (Å²) < 4.78 is 7.19. The Bertz CT molecular complexity index is 708. The summed E-state index contributed by atoms with van der Waals surface area (Å²) in [5.41, 5.74) is 1.25. The minimum absolute atomic E-state index is 0.0501. The van der Waals surface area contributed by atoms with Crippen molar-refractivity contribution in [3.8, 4) is 0 Å². The van der Waals surface area contributed by atoms with Crippen molar-refractivity contribution < 1.29 is 14.3 Å². The maximum absolute atomic E-state index is 12.5. The number of carbonyl (C=O) groups is 2. The van der Waals surface area contributed by atoms with E-state index in [2.05, 4.69) is 0 Å². The summed E-state index contributed by atoms with van der Waals surface area (Å²) in [6.45, 7) is 1.74. The zero-order valence-corrected chi connectivity index (χ0v) is 13.9. The van der Waals surface area contributed by atoms with E-state index in [1.807, 2.05) is 54.5 Å². The molecule has 1 aromatic carbocycles. The summed E-state index contributed by atoms with van der Waals surface area (Å²) in [6, 6.07) is 12.9. The highest BCUT2D eigenvalue weighted by Crippen LogP contribution is 2.19. The molecule has 24 heavy (non-hydrogen) atoms. The van der Waals surface area contributed by atoms with Gasteiger partial charge in [0.25, 0.3) is 5.91 Å². The predicted molar refractivity (Wildman–Crippen MR) is 90.8 cm³/mol. The lowest BCUT2D eigenvalue weighted by molar-refractivity contribution is 0.0333. The van der Waals surface area contributed by atoms with Crippen LogP contribution in [0.2, 0.25) is 0 Å². The van der Waals surface area contributed by atoms with E-state index in [1.54, 1.807) is 10.6 Å². The molecule has 0 N–H and O–H groups in total. The molecule has 0 bridgehead atoms. The lowest BCUT2D eigenvalue weighted by Gasteiger charge is -2.32. The Balaban J connectivity index is 1.55. The van der Waals surface area contributed by atoms with Gasteiger partial charge in [0, 0.05) is 37.8 Å². The van der Waals surface area contributed by atoms with Gasteiger partial charge in [-0.25, -0.2) is 4.79 Å². The summed E-state index contributed by atoms with van der Waals surface area (Å²) in [4.78, 5) is 26.5. The highest BCUT2D eigenvalue weighted by Gasteiger charge is 2.25. The number of nitrogens with zero attached hydrogens (tertiary/aromatic N) is 2. The monoisotopic (exact) mass is 326 g/mol. The summed E-state index contributed by atoms with van der Waals surface area (Å²) in [7, 11) is 1.82. The van der Waals surface area contributed by atoms with Crippen molar-refractivity contribution in [2.45, 2.75) is 12.8 Å². The molecule has 1 fully saturated rings. The fourth-order valence-corrected chi connectivity index (χ4v) is 3.09. The first-order valence-corrected chi connectivity index (χ1v) is 8.28. The number of benzene rings is 1. The van der Waals surface area contributed by atoms with Crippen molar-refractivity contribution >= 4 is 11.9 Å². The lowest BCUT2D eigenvalue weighted by atomic mass is 9.98. The maximum atomic E-state index is 12.5. The Morgan fingerprint density at radius 2 is 1.96 bits per heavy atom. The van der Waals surface area contributed by atoms with E-state index in [0.717, 1.165) is 19.4 Å². The van der Waals surface area contributed by atoms with E-state index in [9.17, 15) is 9.59 Å². The first kappa shape index (κ1) is 16.3. The van der Waals surface area contributed by atoms with Gasteiger partial charge in [0.05, 0.1) is 6.61 Å². The Labute approximate surface area is 141 Å². The van der Waals surface area contributed by atoms with Crippen LogP contribution >= 0.6 is 0 Å². The fraction of sp³-hybridized carbons (Fsp3) is 0.368. The van der Waals surface area contributed by atoms with Gasteiger partial charge in [-0.2, -0.15) is 0 Å². The van der Waals surface area contributed by atoms with Crippen LogP contribution in [0.1, 0.15) is 33.7 Å². The molecule has 5 nitrogen and oxygen atoms in total. The Kier molecular flexibility index (Phi) is 4.99. The zero-order chi connectivity index (χ0) is 16.9. The fourth-order valence-electron chi connectivity index (χ4n) is 3.09. The molecule has 0 unspecified atom stereocenters. The van der Waals surface area contributed by atoms with Crippen LogP contribution in [-0.4, -0.2) is 41.0 Å². The molecule has 126 valence electrons. The average molecular weight is 326 g/mol. The van der Waals surface area contributed by atoms with E-state index < -0.39 is 0 Å². The van der Waals surface area contributed by atoms with Gasteiger partial charge in [0.1, 0.15) is 5.69 Å². The molecule has 1 amide bonds. The molecule has 0 aliphatic carbocycles. The van der Waals surface area contributed by atoms with Crippen molar-refractivity contribution in [3.63, 3.8) is 0 Å². The van der Waals surface area contributed by atoms with E-state index in [0.29, 0.717) is 24.4 Å². The number of aryl methyl sites for hydroxylation is 1. The van der Waals surface area contributed by atoms with Crippen LogP contribution in [0.15, 0.2) is 48.7 Å². The number of carbonyl (C=O) groups excluding carboxylic acids is 2. The number of esters is 1. The topological polar surface area (TPSA) is 51.5 Å². The van der Waals surface area contributed by atoms with Crippen LogP contribution in [0.25, 0.3) is 0 Å². The average Bonchev–Trinajstić information content (AvgIpc) is 3.06. The largest absolute Gasteiger partial charge is 0.461 e. The molecule has 5 heteroatoms. The third-order valence-electron chi connectivity index (χ3n) is 4.43. The third-order valence-corrected chi connectivity index (χ3v) is 4.43. The number of hydrogen-bond acceptors (Lipinski definition) is 3. The van der Waals surface area contributed by atoms with Gasteiger partial charge in [-0.1, -0.05) is 18.2 Å². The number of ether oxygens (including phenoxy) is 1. The van der Waals surface area contributed by atoms with Crippen LogP contribution in [0.4, 0.5) is 0 Å². The first-order chi connectivity index (χ1) is 11.6. The molecule has 0 radical (unpaired) electrons. The molecule has 2 heterocycles. The van der Waals surface area contributed by atoms with E-state index in [-0.39, 0.29) is 17.8 Å². The molecule has 1 aliphatic rings. The molecule has 0 saturated carbocycles. The van der Waals surface area contributed by atoms with Crippen LogP contribution < -0.4 is 0 Å². The predicted octanol–water partition coefficient (Wildman–Crippen LogP) is 2.73. The minimum atomic E-state index is -0.311.